The summed E-state index contributed by atoms with van der Waals surface area (Å²) in [6, 6.07) is 3.80. The van der Waals surface area contributed by atoms with Crippen LogP contribution in [0.5, 0.6) is 0 Å². The molecule has 0 aliphatic heterocycles. The molecule has 0 saturated carbocycles. The number of nitrogens with one attached hydrogen (secondary N) is 2. The first-order valence-electron chi connectivity index (χ1n) is 7.47. The number of sulfonamides is 1. The quantitative estimate of drug-likeness (QED) is 0.814. The van der Waals surface area contributed by atoms with Gasteiger partial charge >= 0.3 is 0 Å². The third-order valence-corrected chi connectivity index (χ3v) is 6.06. The Morgan fingerprint density at radius 1 is 1.14 bits per heavy atom. The number of hydrogen-bond acceptors (Lipinski definition) is 3. The Morgan fingerprint density at radius 2 is 1.71 bits per heavy atom. The Kier molecular flexibility index (Phi) is 5.96. The van der Waals surface area contributed by atoms with Gasteiger partial charge in [0, 0.05) is 12.1 Å². The maximum Gasteiger partial charge on any atom is 0.241 e. The van der Waals surface area contributed by atoms with Gasteiger partial charge in [0.1, 0.15) is 0 Å². The van der Waals surface area contributed by atoms with E-state index in [0.29, 0.717) is 11.4 Å². The summed E-state index contributed by atoms with van der Waals surface area (Å²) in [7, 11) is -1.66. The Morgan fingerprint density at radius 3 is 2.19 bits per heavy atom. The molecule has 0 atom stereocenters. The van der Waals surface area contributed by atoms with Crippen LogP contribution in [0.4, 0.5) is 0 Å². The monoisotopic (exact) mass is 312 g/mol. The van der Waals surface area contributed by atoms with Crippen LogP contribution in [0.25, 0.3) is 0 Å². The molecule has 1 rings (SSSR count). The minimum absolute atomic E-state index is 0.390. The molecule has 0 heterocycles. The smallest absolute Gasteiger partial charge is 0.241 e. The third-order valence-electron chi connectivity index (χ3n) is 4.29. The van der Waals surface area contributed by atoms with Crippen molar-refractivity contribution < 1.29 is 8.42 Å². The van der Waals surface area contributed by atoms with Crippen molar-refractivity contribution in [2.45, 2.75) is 64.4 Å². The van der Waals surface area contributed by atoms with E-state index in [-0.39, 0.29) is 0 Å². The van der Waals surface area contributed by atoms with Crippen LogP contribution in [0.2, 0.25) is 0 Å². The fourth-order valence-electron chi connectivity index (χ4n) is 2.26. The summed E-state index contributed by atoms with van der Waals surface area (Å²) in [4.78, 5) is 0.390. The molecule has 120 valence electrons. The van der Waals surface area contributed by atoms with E-state index in [1.54, 1.807) is 6.07 Å². The van der Waals surface area contributed by atoms with Crippen LogP contribution in [0.1, 0.15) is 50.3 Å². The number of rotatable bonds is 7. The summed E-state index contributed by atoms with van der Waals surface area (Å²) in [5.41, 5.74) is 2.39. The predicted molar refractivity (Wildman–Crippen MR) is 88.0 cm³/mol. The zero-order valence-corrected chi connectivity index (χ0v) is 14.8. The molecule has 0 saturated heterocycles. The first kappa shape index (κ1) is 18.1. The Bertz CT molecular complexity index is 591. The van der Waals surface area contributed by atoms with Gasteiger partial charge in [-0.3, -0.25) is 0 Å². The molecule has 0 aliphatic carbocycles. The molecule has 0 fully saturated rings. The van der Waals surface area contributed by atoms with Crippen LogP contribution in [0.15, 0.2) is 17.0 Å². The highest BCUT2D eigenvalue weighted by atomic mass is 32.2. The molecule has 2 N–H and O–H groups in total. The highest BCUT2D eigenvalue weighted by Crippen LogP contribution is 2.24. The molecule has 21 heavy (non-hydrogen) atoms. The van der Waals surface area contributed by atoms with E-state index in [1.807, 2.05) is 47.7 Å². The topological polar surface area (TPSA) is 58.2 Å². The summed E-state index contributed by atoms with van der Waals surface area (Å²) in [5.74, 6) is 0. The van der Waals surface area contributed by atoms with Gasteiger partial charge < -0.3 is 5.32 Å². The molecule has 0 spiro atoms. The molecule has 0 bridgehead atoms. The number of benzene rings is 1. The van der Waals surface area contributed by atoms with Crippen molar-refractivity contribution in [3.63, 3.8) is 0 Å². The van der Waals surface area contributed by atoms with Crippen molar-refractivity contribution in [1.29, 1.82) is 0 Å². The van der Waals surface area contributed by atoms with E-state index in [4.69, 9.17) is 0 Å². The van der Waals surface area contributed by atoms with E-state index in [2.05, 4.69) is 10.0 Å². The highest BCUT2D eigenvalue weighted by molar-refractivity contribution is 7.89. The van der Waals surface area contributed by atoms with Crippen molar-refractivity contribution in [2.75, 3.05) is 7.05 Å². The highest BCUT2D eigenvalue weighted by Gasteiger charge is 2.28. The Hall–Kier alpha value is -0.910. The van der Waals surface area contributed by atoms with Crippen LogP contribution in [-0.2, 0) is 16.6 Å². The molecule has 1 aromatic carbocycles. The molecular weight excluding hydrogens is 284 g/mol. The lowest BCUT2D eigenvalue weighted by atomic mass is 9.98. The SMILES string of the molecule is CCC(C)(CC)NS(=O)(=O)c1cc(CNC)cc(C)c1C. The van der Waals surface area contributed by atoms with E-state index in [9.17, 15) is 8.42 Å². The second-order valence-electron chi connectivity index (χ2n) is 5.94. The summed E-state index contributed by atoms with van der Waals surface area (Å²) in [6.45, 7) is 10.4. The van der Waals surface area contributed by atoms with Gasteiger partial charge in [0.2, 0.25) is 10.0 Å². The minimum atomic E-state index is -3.51. The van der Waals surface area contributed by atoms with Gasteiger partial charge in [-0.2, -0.15) is 0 Å². The van der Waals surface area contributed by atoms with Gasteiger partial charge in [0.05, 0.1) is 4.90 Å². The summed E-state index contributed by atoms with van der Waals surface area (Å²) >= 11 is 0. The van der Waals surface area contributed by atoms with Crippen LogP contribution >= 0.6 is 0 Å². The Labute approximate surface area is 129 Å². The van der Waals surface area contributed by atoms with E-state index >= 15 is 0 Å². The molecule has 0 amide bonds. The molecule has 0 aliphatic rings. The average molecular weight is 312 g/mol. The van der Waals surface area contributed by atoms with Crippen molar-refractivity contribution in [2.24, 2.45) is 0 Å². The predicted octanol–water partition coefficient (Wildman–Crippen LogP) is 2.88. The summed E-state index contributed by atoms with van der Waals surface area (Å²) in [6.07, 6.45) is 1.52. The van der Waals surface area contributed by atoms with E-state index in [0.717, 1.165) is 29.5 Å². The first-order valence-corrected chi connectivity index (χ1v) is 8.96. The van der Waals surface area contributed by atoms with E-state index < -0.39 is 15.6 Å². The lowest BCUT2D eigenvalue weighted by Crippen LogP contribution is -2.45. The van der Waals surface area contributed by atoms with Crippen molar-refractivity contribution >= 4 is 10.0 Å². The maximum absolute atomic E-state index is 12.8. The lowest BCUT2D eigenvalue weighted by Gasteiger charge is -2.28. The maximum atomic E-state index is 12.8. The number of aryl methyl sites for hydroxylation is 1. The zero-order valence-electron chi connectivity index (χ0n) is 14.0. The standard InChI is InChI=1S/C16H28N2O2S/c1-7-16(5,8-2)18-21(19,20)15-10-14(11-17-6)9-12(3)13(15)4/h9-10,17-18H,7-8,11H2,1-6H3. The normalized spacial score (nSPS) is 12.7. The first-order chi connectivity index (χ1) is 9.69. The molecule has 1 aromatic rings. The van der Waals surface area contributed by atoms with Gasteiger partial charge in [-0.25, -0.2) is 13.1 Å². The summed E-state index contributed by atoms with van der Waals surface area (Å²) in [5, 5.41) is 3.06. The van der Waals surface area contributed by atoms with E-state index in [1.165, 1.54) is 0 Å². The van der Waals surface area contributed by atoms with Gasteiger partial charge in [-0.05, 0) is 63.4 Å². The molecule has 0 aromatic heterocycles. The average Bonchev–Trinajstić information content (AvgIpc) is 2.42. The molecule has 5 heteroatoms. The second-order valence-corrected chi connectivity index (χ2v) is 7.59. The van der Waals surface area contributed by atoms with Gasteiger partial charge in [0.25, 0.3) is 0 Å². The summed E-state index contributed by atoms with van der Waals surface area (Å²) < 4.78 is 28.4. The van der Waals surface area contributed by atoms with Crippen LogP contribution in [-0.4, -0.2) is 21.0 Å². The van der Waals surface area contributed by atoms with Gasteiger partial charge in [-0.1, -0.05) is 19.9 Å². The fraction of sp³-hybridized carbons (Fsp3) is 0.625. The van der Waals surface area contributed by atoms with Gasteiger partial charge in [0.15, 0.2) is 0 Å². The number of hydrogen-bond donors (Lipinski definition) is 2. The largest absolute Gasteiger partial charge is 0.316 e. The molecule has 0 radical (unpaired) electrons. The molecule has 4 nitrogen and oxygen atoms in total. The van der Waals surface area contributed by atoms with Crippen molar-refractivity contribution in [1.82, 2.24) is 10.0 Å². The van der Waals surface area contributed by atoms with Crippen LogP contribution in [0.3, 0.4) is 0 Å². The van der Waals surface area contributed by atoms with Crippen LogP contribution < -0.4 is 10.0 Å². The molecular formula is C16H28N2O2S. The lowest BCUT2D eigenvalue weighted by molar-refractivity contribution is 0.388. The zero-order chi connectivity index (χ0) is 16.3. The Balaban J connectivity index is 3.31. The van der Waals surface area contributed by atoms with Crippen molar-refractivity contribution in [3.8, 4) is 0 Å². The third kappa shape index (κ3) is 4.28. The van der Waals surface area contributed by atoms with Crippen LogP contribution in [0, 0.1) is 13.8 Å². The second kappa shape index (κ2) is 6.90. The molecule has 0 unspecified atom stereocenters. The van der Waals surface area contributed by atoms with Crippen molar-refractivity contribution in [3.05, 3.63) is 28.8 Å². The van der Waals surface area contributed by atoms with Gasteiger partial charge in [-0.15, -0.1) is 0 Å². The minimum Gasteiger partial charge on any atom is -0.316 e. The fourth-order valence-corrected chi connectivity index (χ4v) is 4.18.